The first-order chi connectivity index (χ1) is 9.50. The lowest BCUT2D eigenvalue weighted by atomic mass is 10.1. The molecule has 1 heterocycles. The molecule has 2 rings (SSSR count). The minimum atomic E-state index is -2.82. The quantitative estimate of drug-likeness (QED) is 0.893. The fourth-order valence-electron chi connectivity index (χ4n) is 2.53. The summed E-state index contributed by atoms with van der Waals surface area (Å²) in [6, 6.07) is 8.67. The molecule has 1 fully saturated rings. The van der Waals surface area contributed by atoms with Crippen molar-refractivity contribution in [2.45, 2.75) is 33.0 Å². The van der Waals surface area contributed by atoms with Crippen LogP contribution in [0.5, 0.6) is 0 Å². The molecule has 0 aromatic heterocycles. The van der Waals surface area contributed by atoms with Gasteiger partial charge in [-0.25, -0.2) is 8.42 Å². The molecule has 5 heteroatoms. The fourth-order valence-corrected chi connectivity index (χ4v) is 4.16. The Morgan fingerprint density at radius 2 is 1.90 bits per heavy atom. The summed E-state index contributed by atoms with van der Waals surface area (Å²) in [5.74, 6) is 0.571. The Bertz CT molecular complexity index is 525. The van der Waals surface area contributed by atoms with Gasteiger partial charge in [0.05, 0.1) is 11.5 Å². The Morgan fingerprint density at radius 3 is 2.50 bits per heavy atom. The van der Waals surface area contributed by atoms with Gasteiger partial charge in [0.2, 0.25) is 0 Å². The Kier molecular flexibility index (Phi) is 5.18. The molecule has 112 valence electrons. The summed E-state index contributed by atoms with van der Waals surface area (Å²) < 4.78 is 23.1. The normalized spacial score (nSPS) is 22.8. The summed E-state index contributed by atoms with van der Waals surface area (Å²) in [5.41, 5.74) is 2.53. The van der Waals surface area contributed by atoms with E-state index in [1.807, 2.05) is 6.92 Å². The van der Waals surface area contributed by atoms with E-state index >= 15 is 0 Å². The van der Waals surface area contributed by atoms with Gasteiger partial charge in [0.15, 0.2) is 9.84 Å². The van der Waals surface area contributed by atoms with E-state index < -0.39 is 9.84 Å². The maximum atomic E-state index is 11.6. The van der Waals surface area contributed by atoms with Crippen LogP contribution in [0.15, 0.2) is 24.3 Å². The van der Waals surface area contributed by atoms with Gasteiger partial charge in [-0.2, -0.15) is 0 Å². The largest absolute Gasteiger partial charge is 0.313 e. The molecule has 0 radical (unpaired) electrons. The molecule has 0 bridgehead atoms. The van der Waals surface area contributed by atoms with Crippen LogP contribution in [0, 0.1) is 0 Å². The highest BCUT2D eigenvalue weighted by atomic mass is 32.2. The minimum absolute atomic E-state index is 0.107. The van der Waals surface area contributed by atoms with Gasteiger partial charge in [0.25, 0.3) is 0 Å². The van der Waals surface area contributed by atoms with Crippen molar-refractivity contribution in [1.82, 2.24) is 10.2 Å². The third-order valence-electron chi connectivity index (χ3n) is 3.80. The van der Waals surface area contributed by atoms with Crippen LogP contribution in [0.4, 0.5) is 0 Å². The van der Waals surface area contributed by atoms with E-state index in [4.69, 9.17) is 0 Å². The monoisotopic (exact) mass is 296 g/mol. The molecule has 1 aliphatic heterocycles. The number of hydrogen-bond donors (Lipinski definition) is 1. The van der Waals surface area contributed by atoms with E-state index in [0.29, 0.717) is 6.54 Å². The standard InChI is InChI=1S/C15H24N2O2S/c1-3-16-10-14-4-6-15(7-5-14)11-17-8-9-20(18,19)12-13(17)2/h4-7,13,16H,3,8-12H2,1-2H3. The van der Waals surface area contributed by atoms with Crippen LogP contribution in [-0.4, -0.2) is 44.0 Å². The molecule has 1 aliphatic rings. The van der Waals surface area contributed by atoms with E-state index in [9.17, 15) is 8.42 Å². The molecule has 0 amide bonds. The molecule has 1 saturated heterocycles. The van der Waals surface area contributed by atoms with E-state index in [-0.39, 0.29) is 17.5 Å². The first kappa shape index (κ1) is 15.5. The number of hydrogen-bond acceptors (Lipinski definition) is 4. The summed E-state index contributed by atoms with van der Waals surface area (Å²) in [6.45, 7) is 7.44. The lowest BCUT2D eigenvalue weighted by molar-refractivity contribution is 0.218. The first-order valence-electron chi connectivity index (χ1n) is 7.23. The molecular formula is C15H24N2O2S. The number of nitrogens with zero attached hydrogens (tertiary/aromatic N) is 1. The summed E-state index contributed by atoms with van der Waals surface area (Å²) in [5, 5.41) is 3.30. The van der Waals surface area contributed by atoms with Crippen molar-refractivity contribution in [2.24, 2.45) is 0 Å². The fraction of sp³-hybridized carbons (Fsp3) is 0.600. The van der Waals surface area contributed by atoms with Gasteiger partial charge in [-0.05, 0) is 24.6 Å². The zero-order chi connectivity index (χ0) is 14.6. The average Bonchev–Trinajstić information content (AvgIpc) is 2.40. The van der Waals surface area contributed by atoms with Gasteiger partial charge in [0.1, 0.15) is 0 Å². The third-order valence-corrected chi connectivity index (χ3v) is 5.59. The second-order valence-corrected chi connectivity index (χ2v) is 7.76. The Morgan fingerprint density at radius 1 is 1.25 bits per heavy atom. The highest BCUT2D eigenvalue weighted by molar-refractivity contribution is 7.91. The van der Waals surface area contributed by atoms with Crippen LogP contribution < -0.4 is 5.32 Å². The maximum Gasteiger partial charge on any atom is 0.153 e. The van der Waals surface area contributed by atoms with E-state index in [1.54, 1.807) is 0 Å². The van der Waals surface area contributed by atoms with Crippen molar-refractivity contribution in [1.29, 1.82) is 0 Å². The van der Waals surface area contributed by atoms with Crippen molar-refractivity contribution in [3.05, 3.63) is 35.4 Å². The second-order valence-electron chi connectivity index (χ2n) is 5.53. The number of rotatable bonds is 5. The van der Waals surface area contributed by atoms with E-state index in [0.717, 1.165) is 19.6 Å². The van der Waals surface area contributed by atoms with Gasteiger partial charge >= 0.3 is 0 Å². The smallest absolute Gasteiger partial charge is 0.153 e. The van der Waals surface area contributed by atoms with Crippen LogP contribution in [0.3, 0.4) is 0 Å². The maximum absolute atomic E-state index is 11.6. The molecule has 1 unspecified atom stereocenters. The predicted octanol–water partition coefficient (Wildman–Crippen LogP) is 1.42. The zero-order valence-corrected chi connectivity index (χ0v) is 13.1. The molecule has 0 aliphatic carbocycles. The molecule has 0 saturated carbocycles. The summed E-state index contributed by atoms with van der Waals surface area (Å²) in [6.07, 6.45) is 0. The number of nitrogens with one attached hydrogen (secondary N) is 1. The van der Waals surface area contributed by atoms with Crippen LogP contribution >= 0.6 is 0 Å². The third kappa shape index (κ3) is 4.30. The van der Waals surface area contributed by atoms with Gasteiger partial charge in [-0.15, -0.1) is 0 Å². The molecule has 1 atom stereocenters. The minimum Gasteiger partial charge on any atom is -0.313 e. The lowest BCUT2D eigenvalue weighted by Gasteiger charge is -2.33. The van der Waals surface area contributed by atoms with Crippen molar-refractivity contribution in [2.75, 3.05) is 24.6 Å². The van der Waals surface area contributed by atoms with Crippen LogP contribution in [0.2, 0.25) is 0 Å². The first-order valence-corrected chi connectivity index (χ1v) is 9.05. The molecule has 1 aromatic carbocycles. The van der Waals surface area contributed by atoms with Gasteiger partial charge in [-0.3, -0.25) is 4.90 Å². The summed E-state index contributed by atoms with van der Waals surface area (Å²) >= 11 is 0. The Hall–Kier alpha value is -0.910. The predicted molar refractivity (Wildman–Crippen MR) is 82.3 cm³/mol. The lowest BCUT2D eigenvalue weighted by Crippen LogP contribution is -2.46. The van der Waals surface area contributed by atoms with E-state index in [2.05, 4.69) is 41.4 Å². The van der Waals surface area contributed by atoms with Gasteiger partial charge < -0.3 is 5.32 Å². The highest BCUT2D eigenvalue weighted by Crippen LogP contribution is 2.15. The van der Waals surface area contributed by atoms with Crippen LogP contribution in [-0.2, 0) is 22.9 Å². The Labute approximate surface area is 122 Å². The summed E-state index contributed by atoms with van der Waals surface area (Å²) in [4.78, 5) is 2.25. The number of benzene rings is 1. The Balaban J connectivity index is 1.93. The van der Waals surface area contributed by atoms with Crippen LogP contribution in [0.1, 0.15) is 25.0 Å². The second kappa shape index (κ2) is 6.70. The van der Waals surface area contributed by atoms with Crippen molar-refractivity contribution in [3.63, 3.8) is 0 Å². The SMILES string of the molecule is CCNCc1ccc(CN2CCS(=O)(=O)CC2C)cc1. The summed E-state index contributed by atoms with van der Waals surface area (Å²) in [7, 11) is -2.82. The number of sulfone groups is 1. The van der Waals surface area contributed by atoms with E-state index in [1.165, 1.54) is 11.1 Å². The molecule has 0 spiro atoms. The van der Waals surface area contributed by atoms with Crippen LogP contribution in [0.25, 0.3) is 0 Å². The highest BCUT2D eigenvalue weighted by Gasteiger charge is 2.27. The van der Waals surface area contributed by atoms with Gasteiger partial charge in [0, 0.05) is 25.7 Å². The van der Waals surface area contributed by atoms with Gasteiger partial charge in [-0.1, -0.05) is 31.2 Å². The average molecular weight is 296 g/mol. The molecule has 1 N–H and O–H groups in total. The van der Waals surface area contributed by atoms with Crippen molar-refractivity contribution < 1.29 is 8.42 Å². The topological polar surface area (TPSA) is 49.4 Å². The van der Waals surface area contributed by atoms with Crippen molar-refractivity contribution in [3.8, 4) is 0 Å². The van der Waals surface area contributed by atoms with Crippen molar-refractivity contribution >= 4 is 9.84 Å². The zero-order valence-electron chi connectivity index (χ0n) is 12.3. The molecular weight excluding hydrogens is 272 g/mol. The molecule has 1 aromatic rings. The molecule has 4 nitrogen and oxygen atoms in total. The molecule has 20 heavy (non-hydrogen) atoms.